The zero-order chi connectivity index (χ0) is 77.4. The summed E-state index contributed by atoms with van der Waals surface area (Å²) in [7, 11) is 0. The molecule has 5 unspecified atom stereocenters. The monoisotopic (exact) mass is 1550 g/mol. The lowest BCUT2D eigenvalue weighted by Crippen LogP contribution is -2.15. The van der Waals surface area contributed by atoms with E-state index in [1.165, 1.54) is 127 Å². The van der Waals surface area contributed by atoms with Crippen LogP contribution in [0.4, 0.5) is 17.6 Å². The summed E-state index contributed by atoms with van der Waals surface area (Å²) in [5.41, 5.74) is 12.4. The lowest BCUT2D eigenvalue weighted by molar-refractivity contribution is 0.103. The van der Waals surface area contributed by atoms with Gasteiger partial charge in [-0.1, -0.05) is 235 Å². The minimum atomic E-state index is -1.17. The maximum absolute atomic E-state index is 15.3. The highest BCUT2D eigenvalue weighted by Gasteiger charge is 2.40. The first-order valence-corrected chi connectivity index (χ1v) is 45.1. The van der Waals surface area contributed by atoms with E-state index in [0.29, 0.717) is 36.7 Å². The topological polar surface area (TPSA) is 151 Å². The molecule has 5 atom stereocenters. The predicted molar refractivity (Wildman–Crippen MR) is 450 cm³/mol. The molecule has 3 aromatic carbocycles. The van der Waals surface area contributed by atoms with Gasteiger partial charge < -0.3 is 19.6 Å². The standard InChI is InChI=1S/C92H114F4N6O3S4/c1-9-17-23-27-29-33-39-59(37-31-25-19-11-3)54-101-76-46-63(44-70-79(75(100)53-99)66-48-72(94)74(96)50-68(66)85(70)104)107-88(76)91-82(101)80-64(42-41-57(15-7)35-21-13-5)87-81(86(90(80)109-91)105-56-58(16-8)36-22-14-6)83-92(108-87)89-77(102(83)55-60(38-32-26-20-12-4)40-34-30-28-24-18-10-2)45-62(106-89)43-69-78(61(51-97)52-98)65-47-71(93)73(95)49-67(65)84(69)103/h43-44,46-50,57-60,62H,9-42,45,54-56,100H2,1-8H3/b69-43-,70-44-,79-75+. The highest BCUT2D eigenvalue weighted by molar-refractivity contribution is 8.00. The van der Waals surface area contributed by atoms with E-state index in [4.69, 9.17) is 10.5 Å². The fraction of sp³-hybridized carbons (Fsp3) is 0.554. The Labute approximate surface area is 661 Å². The Morgan fingerprint density at radius 2 is 0.991 bits per heavy atom. The highest BCUT2D eigenvalue weighted by Crippen LogP contribution is 2.59. The largest absolute Gasteiger partial charge is 0.491 e. The van der Waals surface area contributed by atoms with Crippen LogP contribution in [0.2, 0.25) is 0 Å². The molecule has 109 heavy (non-hydrogen) atoms. The van der Waals surface area contributed by atoms with E-state index in [-0.39, 0.29) is 61.1 Å². The molecule has 0 saturated carbocycles. The molecular formula is C92H114F4N6O3S4. The number of thioether (sulfide) groups is 1. The van der Waals surface area contributed by atoms with Crippen molar-refractivity contribution in [2.75, 3.05) is 6.61 Å². The number of nitrogens with zero attached hydrogens (tertiary/aromatic N) is 5. The Kier molecular flexibility index (Phi) is 30.1. The lowest BCUT2D eigenvalue weighted by Gasteiger charge is -2.22. The third-order valence-electron chi connectivity index (χ3n) is 23.8. The first-order chi connectivity index (χ1) is 53.0. The molecule has 17 heteroatoms. The lowest BCUT2D eigenvalue weighted by atomic mass is 9.90. The van der Waals surface area contributed by atoms with Crippen molar-refractivity contribution >= 4 is 125 Å². The Morgan fingerprint density at radius 3 is 1.53 bits per heavy atom. The second-order valence-corrected chi connectivity index (χ2v) is 35.9. The number of hydrogen-bond donors (Lipinski definition) is 1. The van der Waals surface area contributed by atoms with Crippen LogP contribution in [0.5, 0.6) is 5.75 Å². The number of Topliss-reactive ketones (excluding diaryl/α,β-unsaturated/α-hetero) is 2. The molecule has 582 valence electrons. The number of hydrogen-bond acceptors (Lipinski definition) is 11. The van der Waals surface area contributed by atoms with Gasteiger partial charge in [-0.25, -0.2) is 17.6 Å². The van der Waals surface area contributed by atoms with Crippen molar-refractivity contribution in [3.63, 3.8) is 0 Å². The normalized spacial score (nSPS) is 16.6. The van der Waals surface area contributed by atoms with E-state index in [9.17, 15) is 25.4 Å². The molecule has 2 N–H and O–H groups in total. The van der Waals surface area contributed by atoms with Crippen LogP contribution in [0.15, 0.2) is 63.7 Å². The van der Waals surface area contributed by atoms with Crippen molar-refractivity contribution in [2.24, 2.45) is 29.4 Å². The molecule has 8 aromatic rings. The molecule has 0 fully saturated rings. The van der Waals surface area contributed by atoms with Crippen LogP contribution in [0.3, 0.4) is 0 Å². The summed E-state index contributed by atoms with van der Waals surface area (Å²) in [6, 6.07) is 12.0. The molecule has 11 rings (SSSR count). The van der Waals surface area contributed by atoms with Crippen LogP contribution in [0.1, 0.15) is 315 Å². The van der Waals surface area contributed by atoms with E-state index < -0.39 is 34.8 Å². The van der Waals surface area contributed by atoms with E-state index in [1.807, 2.05) is 47.0 Å². The number of aromatic nitrogens is 2. The minimum Gasteiger partial charge on any atom is -0.491 e. The van der Waals surface area contributed by atoms with Crippen LogP contribution < -0.4 is 10.5 Å². The summed E-state index contributed by atoms with van der Waals surface area (Å²) in [6.45, 7) is 20.4. The Morgan fingerprint density at radius 1 is 0.514 bits per heavy atom. The predicted octanol–water partition coefficient (Wildman–Crippen LogP) is 28.3. The number of halogens is 4. The smallest absolute Gasteiger partial charge is 0.194 e. The number of nitriles is 3. The number of fused-ring (bicyclic) bond motifs is 12. The van der Waals surface area contributed by atoms with Crippen LogP contribution in [0, 0.1) is 80.9 Å². The molecule has 5 aromatic heterocycles. The number of carbonyl (C=O) groups is 2. The number of allylic oxidation sites excluding steroid dienone is 6. The molecule has 2 aliphatic carbocycles. The SMILES string of the molecule is CCCCCCCCC(CCCCCC)Cn1c2c(c3sc4c(CCC(CC)CCCC)c5c(sc6c7sc(/C=C8\C(=O)c9cc(F)c(F)cc9\C8=C(/N)C#N)cc7n(CC(CCCCCC)CCCCCCCC)c65)c(OCC(CC)CCCC)c4c31)SC(/C=C1\C(=O)c3cc(F)c(F)cc3C1=C(C#N)C#N)C2. The van der Waals surface area contributed by atoms with Gasteiger partial charge in [-0.2, -0.15) is 15.8 Å². The first-order valence-electron chi connectivity index (χ1n) is 41.8. The zero-order valence-electron chi connectivity index (χ0n) is 66.0. The summed E-state index contributed by atoms with van der Waals surface area (Å²) < 4.78 is 79.7. The fourth-order valence-corrected chi connectivity index (χ4v) is 23.0. The number of thiophene rings is 3. The number of nitrogens with two attached hydrogens (primary N) is 1. The number of carbonyl (C=O) groups excluding carboxylic acids is 2. The van der Waals surface area contributed by atoms with Gasteiger partial charge in [-0.3, -0.25) is 9.59 Å². The van der Waals surface area contributed by atoms with E-state index in [0.717, 1.165) is 206 Å². The summed E-state index contributed by atoms with van der Waals surface area (Å²) in [6.07, 6.45) is 42.8. The first kappa shape index (κ1) is 83.0. The average molecular weight is 1560 g/mol. The number of unbranched alkanes of at least 4 members (excludes halogenated alkanes) is 18. The third-order valence-corrected chi connectivity index (χ3v) is 28.9. The zero-order valence-corrected chi connectivity index (χ0v) is 69.2. The molecular weight excluding hydrogens is 1440 g/mol. The van der Waals surface area contributed by atoms with Crippen molar-refractivity contribution in [2.45, 2.75) is 303 Å². The highest BCUT2D eigenvalue weighted by atomic mass is 32.2. The Balaban J connectivity index is 1.21. The number of aryl methyl sites for hydroxylation is 1. The van der Waals surface area contributed by atoms with Gasteiger partial charge in [0.25, 0.3) is 0 Å². The Hall–Kier alpha value is -6.94. The van der Waals surface area contributed by atoms with Gasteiger partial charge in [0, 0.05) is 83.7 Å². The van der Waals surface area contributed by atoms with Crippen molar-refractivity contribution in [3.8, 4) is 24.0 Å². The molecule has 0 radical (unpaired) electrons. The van der Waals surface area contributed by atoms with Gasteiger partial charge in [0.1, 0.15) is 35.2 Å². The number of ether oxygens (including phenoxy) is 1. The molecule has 0 saturated heterocycles. The van der Waals surface area contributed by atoms with E-state index in [2.05, 4.69) is 70.6 Å². The van der Waals surface area contributed by atoms with Crippen molar-refractivity contribution in [1.29, 1.82) is 15.8 Å². The van der Waals surface area contributed by atoms with Crippen molar-refractivity contribution in [3.05, 3.63) is 120 Å². The quantitative estimate of drug-likeness (QED) is 0.0172. The van der Waals surface area contributed by atoms with Crippen LogP contribution in [-0.4, -0.2) is 32.6 Å². The summed E-state index contributed by atoms with van der Waals surface area (Å²) in [5, 5.41) is 33.3. The molecule has 0 amide bonds. The van der Waals surface area contributed by atoms with Gasteiger partial charge in [0.05, 0.1) is 47.3 Å². The van der Waals surface area contributed by atoms with Gasteiger partial charge in [-0.05, 0) is 122 Å². The van der Waals surface area contributed by atoms with Crippen molar-refractivity contribution in [1.82, 2.24) is 9.13 Å². The van der Waals surface area contributed by atoms with E-state index >= 15 is 17.6 Å². The molecule has 1 aliphatic heterocycles. The average Bonchev–Trinajstić information content (AvgIpc) is 1.52. The second-order valence-electron chi connectivity index (χ2n) is 31.5. The summed E-state index contributed by atoms with van der Waals surface area (Å²) in [5.74, 6) is -3.20. The molecule has 0 bridgehead atoms. The molecule has 6 heterocycles. The van der Waals surface area contributed by atoms with Crippen LogP contribution >= 0.6 is 45.8 Å². The van der Waals surface area contributed by atoms with Gasteiger partial charge in [-0.15, -0.1) is 45.8 Å². The maximum Gasteiger partial charge on any atom is 0.194 e. The van der Waals surface area contributed by atoms with Crippen molar-refractivity contribution < 1.29 is 31.9 Å². The Bertz CT molecular complexity index is 4840. The van der Waals surface area contributed by atoms with Gasteiger partial charge >= 0.3 is 0 Å². The van der Waals surface area contributed by atoms with E-state index in [1.54, 1.807) is 29.2 Å². The second kappa shape index (κ2) is 39.5. The molecule has 0 spiro atoms. The third kappa shape index (κ3) is 18.3. The number of rotatable bonds is 44. The molecule has 3 aliphatic rings. The molecule has 9 nitrogen and oxygen atoms in total. The maximum atomic E-state index is 15.3. The van der Waals surface area contributed by atoms with Crippen LogP contribution in [-0.2, 0) is 25.9 Å². The van der Waals surface area contributed by atoms with Gasteiger partial charge in [0.2, 0.25) is 0 Å². The summed E-state index contributed by atoms with van der Waals surface area (Å²) in [4.78, 5) is 31.3. The number of ketones is 2. The van der Waals surface area contributed by atoms with Crippen LogP contribution in [0.25, 0.3) is 68.0 Å². The van der Waals surface area contributed by atoms with Gasteiger partial charge in [0.15, 0.2) is 34.8 Å². The number of benzene rings is 3. The fourth-order valence-electron chi connectivity index (χ4n) is 17.5. The summed E-state index contributed by atoms with van der Waals surface area (Å²) >= 11 is 7.04. The minimum absolute atomic E-state index is 0.0271.